The van der Waals surface area contributed by atoms with Crippen molar-refractivity contribution in [2.45, 2.75) is 6.92 Å². The summed E-state index contributed by atoms with van der Waals surface area (Å²) in [4.78, 5) is 28.8. The minimum atomic E-state index is -0.917. The maximum atomic E-state index is 10.5. The summed E-state index contributed by atoms with van der Waals surface area (Å²) in [6.45, 7) is 1.17. The lowest BCUT2D eigenvalue weighted by atomic mass is 11.5. The highest BCUT2D eigenvalue weighted by Crippen LogP contribution is 2.32. The Morgan fingerprint density at radius 1 is 0.875 bits per heavy atom. The highest BCUT2D eigenvalue weighted by molar-refractivity contribution is 5.59. The monoisotopic (exact) mass is 239 g/mol. The van der Waals surface area contributed by atoms with Crippen molar-refractivity contribution in [2.24, 2.45) is 0 Å². The molecule has 0 bridgehead atoms. The molecule has 0 aliphatic heterocycles. The molecule has 0 unspecified atom stereocenters. The standard InChI is InChI=1S/C7H5N3O6/c1-4-6(9(13)14)2-5(8(11)12)3-7(4)10(15)16/h2-3H,1H3/i2+2,3+2,4+2,5+2,6+2,7+2. The summed E-state index contributed by atoms with van der Waals surface area (Å²) in [5, 5.41) is 31.5. The predicted octanol–water partition coefficient (Wildman–Crippen LogP) is 1.72. The minimum absolute atomic E-state index is 0.208. The van der Waals surface area contributed by atoms with Gasteiger partial charge in [-0.2, -0.15) is 0 Å². The number of rotatable bonds is 3. The molecule has 9 heteroatoms. The molecule has 16 heavy (non-hydrogen) atoms. The Morgan fingerprint density at radius 2 is 1.25 bits per heavy atom. The zero-order valence-corrected chi connectivity index (χ0v) is 7.95. The van der Waals surface area contributed by atoms with Crippen LogP contribution in [0.4, 0.5) is 17.1 Å². The van der Waals surface area contributed by atoms with E-state index in [1.54, 1.807) is 0 Å². The molecule has 0 aromatic heterocycles. The summed E-state index contributed by atoms with van der Waals surface area (Å²) in [5.74, 6) is 0. The quantitative estimate of drug-likeness (QED) is 0.582. The van der Waals surface area contributed by atoms with Gasteiger partial charge < -0.3 is 0 Å². The summed E-state index contributed by atoms with van der Waals surface area (Å²) >= 11 is 0. The highest BCUT2D eigenvalue weighted by Gasteiger charge is 2.27. The second-order valence-corrected chi connectivity index (χ2v) is 2.88. The van der Waals surface area contributed by atoms with Crippen molar-refractivity contribution in [3.8, 4) is 0 Å². The van der Waals surface area contributed by atoms with Crippen LogP contribution in [0.15, 0.2) is 12.1 Å². The van der Waals surface area contributed by atoms with E-state index in [1.807, 2.05) is 0 Å². The molecule has 0 saturated heterocycles. The zero-order valence-electron chi connectivity index (χ0n) is 7.95. The van der Waals surface area contributed by atoms with Crippen LogP contribution in [0.1, 0.15) is 5.56 Å². The van der Waals surface area contributed by atoms with Crippen molar-refractivity contribution < 1.29 is 14.8 Å². The third kappa shape index (κ3) is 1.92. The number of non-ortho nitro benzene ring substituents is 1. The van der Waals surface area contributed by atoms with Gasteiger partial charge in [0.25, 0.3) is 17.1 Å². The fourth-order valence-electron chi connectivity index (χ4n) is 1.15. The molecular formula is C7H5N3O6. The number of hydrogen-bond donors (Lipinski definition) is 0. The molecule has 0 heterocycles. The zero-order chi connectivity index (χ0) is 12.5. The van der Waals surface area contributed by atoms with E-state index in [-0.39, 0.29) is 5.56 Å². The van der Waals surface area contributed by atoms with Gasteiger partial charge in [-0.05, 0) is 6.92 Å². The van der Waals surface area contributed by atoms with Crippen molar-refractivity contribution in [3.63, 3.8) is 0 Å². The maximum absolute atomic E-state index is 10.5. The van der Waals surface area contributed by atoms with Crippen molar-refractivity contribution in [1.82, 2.24) is 0 Å². The Hall–Kier alpha value is -2.58. The Bertz CT molecular complexity index is 462. The van der Waals surface area contributed by atoms with Crippen LogP contribution in [0.5, 0.6) is 0 Å². The summed E-state index contributed by atoms with van der Waals surface area (Å²) in [6, 6.07) is 1.39. The van der Waals surface area contributed by atoms with Crippen molar-refractivity contribution in [2.75, 3.05) is 0 Å². The smallest absolute Gasteiger partial charge is 0.258 e. The van der Waals surface area contributed by atoms with Gasteiger partial charge in [0.15, 0.2) is 0 Å². The SMILES string of the molecule is C[14c]1[14c]([N+](=O)[O-])[14cH][14c]([N+](=O)[O-])[14cH][14c]1[N+](=O)[O-]. The summed E-state index contributed by atoms with van der Waals surface area (Å²) in [6.07, 6.45) is 0. The van der Waals surface area contributed by atoms with Crippen LogP contribution in [0, 0.1) is 37.3 Å². The first-order valence-electron chi connectivity index (χ1n) is 3.92. The third-order valence-corrected chi connectivity index (χ3v) is 1.94. The molecule has 0 fully saturated rings. The molecule has 0 atom stereocenters. The van der Waals surface area contributed by atoms with Gasteiger partial charge >= 0.3 is 0 Å². The molecule has 9 nitrogen and oxygen atoms in total. The summed E-state index contributed by atoms with van der Waals surface area (Å²) in [5.41, 5.74) is -2.16. The average molecular weight is 239 g/mol. The Morgan fingerprint density at radius 3 is 1.50 bits per heavy atom. The van der Waals surface area contributed by atoms with Crippen LogP contribution in [-0.4, -0.2) is 14.8 Å². The van der Waals surface area contributed by atoms with E-state index in [4.69, 9.17) is 0 Å². The maximum Gasteiger partial charge on any atom is 0.286 e. The second-order valence-electron chi connectivity index (χ2n) is 2.88. The Labute approximate surface area is 87.8 Å². The Kier molecular flexibility index (Phi) is 2.79. The number of benzene rings is 1. The molecule has 0 N–H and O–H groups in total. The van der Waals surface area contributed by atoms with E-state index in [1.165, 1.54) is 6.92 Å². The molecule has 0 aliphatic rings. The molecule has 84 valence electrons. The molecule has 0 saturated carbocycles. The van der Waals surface area contributed by atoms with E-state index >= 15 is 0 Å². The lowest BCUT2D eigenvalue weighted by Gasteiger charge is -1.99. The van der Waals surface area contributed by atoms with Gasteiger partial charge in [0.05, 0.1) is 26.9 Å². The number of nitro groups is 3. The van der Waals surface area contributed by atoms with E-state index in [0.29, 0.717) is 12.1 Å². The van der Waals surface area contributed by atoms with Crippen LogP contribution < -0.4 is 0 Å². The first kappa shape index (κ1) is 11.5. The molecule has 0 aliphatic carbocycles. The average Bonchev–Trinajstić information content (AvgIpc) is 2.16. The van der Waals surface area contributed by atoms with Crippen molar-refractivity contribution in [1.29, 1.82) is 0 Å². The van der Waals surface area contributed by atoms with Crippen LogP contribution in [0.25, 0.3) is 0 Å². The second kappa shape index (κ2) is 3.88. The molecule has 1 aromatic rings. The van der Waals surface area contributed by atoms with Gasteiger partial charge in [0.1, 0.15) is 5.56 Å². The lowest BCUT2D eigenvalue weighted by Crippen LogP contribution is -2.00. The normalized spacial score (nSPS) is 9.81. The first-order chi connectivity index (χ1) is 7.34. The first-order valence-corrected chi connectivity index (χ1v) is 3.92. The number of nitrogens with zero attached hydrogens (tertiary/aromatic N) is 3. The number of hydrogen-bond acceptors (Lipinski definition) is 6. The van der Waals surface area contributed by atoms with Crippen LogP contribution in [0.3, 0.4) is 0 Å². The Balaban J connectivity index is 3.57. The van der Waals surface area contributed by atoms with Gasteiger partial charge in [-0.15, -0.1) is 0 Å². The molecule has 0 amide bonds. The van der Waals surface area contributed by atoms with Gasteiger partial charge in [-0.3, -0.25) is 30.3 Å². The van der Waals surface area contributed by atoms with E-state index in [2.05, 4.69) is 0 Å². The molecule has 0 spiro atoms. The van der Waals surface area contributed by atoms with Gasteiger partial charge in [-0.1, -0.05) is 0 Å². The van der Waals surface area contributed by atoms with Crippen LogP contribution in [-0.2, 0) is 0 Å². The van der Waals surface area contributed by atoms with Crippen LogP contribution >= 0.6 is 0 Å². The molecule has 0 radical (unpaired) electrons. The van der Waals surface area contributed by atoms with E-state index < -0.39 is 31.8 Å². The van der Waals surface area contributed by atoms with Gasteiger partial charge in [0.2, 0.25) is 0 Å². The molecule has 1 rings (SSSR count). The fraction of sp³-hybridized carbons (Fsp3) is 0.143. The van der Waals surface area contributed by atoms with Gasteiger partial charge in [-0.25, -0.2) is 0 Å². The summed E-state index contributed by atoms with van der Waals surface area (Å²) in [7, 11) is 0. The van der Waals surface area contributed by atoms with E-state index in [0.717, 1.165) is 0 Å². The fourth-order valence-corrected chi connectivity index (χ4v) is 1.15. The van der Waals surface area contributed by atoms with Gasteiger partial charge in [0, 0.05) is 0 Å². The lowest BCUT2D eigenvalue weighted by molar-refractivity contribution is -0.403. The van der Waals surface area contributed by atoms with E-state index in [9.17, 15) is 30.3 Å². The largest absolute Gasteiger partial charge is 0.286 e. The van der Waals surface area contributed by atoms with Crippen LogP contribution in [0.2, 0.25) is 0 Å². The summed E-state index contributed by atoms with van der Waals surface area (Å²) < 4.78 is 0. The number of nitro benzene ring substituents is 3. The minimum Gasteiger partial charge on any atom is -0.258 e. The highest BCUT2D eigenvalue weighted by atomic mass is 16.7. The van der Waals surface area contributed by atoms with Crippen molar-refractivity contribution >= 4 is 17.1 Å². The third-order valence-electron chi connectivity index (χ3n) is 1.94. The topological polar surface area (TPSA) is 129 Å². The molecule has 1 aromatic carbocycles. The molecular weight excluding hydrogens is 234 g/mol. The van der Waals surface area contributed by atoms with Crippen molar-refractivity contribution in [3.05, 3.63) is 48.0 Å². The predicted molar refractivity (Wildman–Crippen MR) is 51.1 cm³/mol.